The first-order valence-electron chi connectivity index (χ1n) is 2.57. The van der Waals surface area contributed by atoms with Crippen LogP contribution in [0.1, 0.15) is 6.42 Å². The summed E-state index contributed by atoms with van der Waals surface area (Å²) < 4.78 is 13.3. The van der Waals surface area contributed by atoms with E-state index >= 15 is 0 Å². The first kappa shape index (κ1) is 7.29. The van der Waals surface area contributed by atoms with Gasteiger partial charge in [-0.1, -0.05) is 22.0 Å². The summed E-state index contributed by atoms with van der Waals surface area (Å²) in [5.74, 6) is -0.258. The van der Waals surface area contributed by atoms with Gasteiger partial charge in [-0.05, 0) is 12.5 Å². The Balaban J connectivity index is 2.74. The highest BCUT2D eigenvalue weighted by Crippen LogP contribution is 2.25. The number of allylic oxidation sites excluding steroid dienone is 4. The van der Waals surface area contributed by atoms with Gasteiger partial charge in [-0.3, -0.25) is 0 Å². The first-order valence-corrected chi connectivity index (χ1v) is 3.80. The molecule has 0 fully saturated rings. The summed E-state index contributed by atoms with van der Waals surface area (Å²) in [6.45, 7) is 0. The summed E-state index contributed by atoms with van der Waals surface area (Å²) in [4.78, 5) is 0. The van der Waals surface area contributed by atoms with Crippen molar-refractivity contribution >= 4 is 27.5 Å². The number of hydrogen-bond donors (Lipinski definition) is 0. The predicted octanol–water partition coefficient (Wildman–Crippen LogP) is 3.13. The molecule has 0 saturated heterocycles. The molecule has 1 atom stereocenters. The van der Waals surface area contributed by atoms with Gasteiger partial charge in [0.25, 0.3) is 0 Å². The van der Waals surface area contributed by atoms with Crippen LogP contribution >= 0.6 is 27.5 Å². The Morgan fingerprint density at radius 1 is 1.78 bits per heavy atom. The summed E-state index contributed by atoms with van der Waals surface area (Å²) >= 11 is 8.67. The monoisotopic (exact) mass is 210 g/mol. The minimum atomic E-state index is -0.453. The van der Waals surface area contributed by atoms with Crippen LogP contribution in [-0.4, -0.2) is 5.38 Å². The lowest BCUT2D eigenvalue weighted by atomic mass is 10.2. The topological polar surface area (TPSA) is 0 Å². The van der Waals surface area contributed by atoms with Gasteiger partial charge in [0.1, 0.15) is 5.83 Å². The van der Waals surface area contributed by atoms with Crippen LogP contribution in [0.25, 0.3) is 0 Å². The molecule has 0 aliphatic heterocycles. The molecule has 0 aromatic rings. The van der Waals surface area contributed by atoms with Crippen molar-refractivity contribution in [1.82, 2.24) is 0 Å². The van der Waals surface area contributed by atoms with Crippen molar-refractivity contribution < 1.29 is 4.39 Å². The second kappa shape index (κ2) is 2.84. The Labute approximate surface area is 66.5 Å². The average molecular weight is 211 g/mol. The molecule has 0 N–H and O–H groups in total. The molecule has 0 aromatic carbocycles. The summed E-state index contributed by atoms with van der Waals surface area (Å²) in [7, 11) is 0. The zero-order valence-corrected chi connectivity index (χ0v) is 6.91. The molecular weight excluding hydrogens is 206 g/mol. The van der Waals surface area contributed by atoms with Crippen molar-refractivity contribution in [2.24, 2.45) is 0 Å². The molecule has 0 bridgehead atoms. The van der Waals surface area contributed by atoms with E-state index < -0.39 is 5.38 Å². The highest BCUT2D eigenvalue weighted by molar-refractivity contribution is 9.11. The van der Waals surface area contributed by atoms with Gasteiger partial charge < -0.3 is 0 Å². The highest BCUT2D eigenvalue weighted by Gasteiger charge is 2.13. The van der Waals surface area contributed by atoms with Crippen LogP contribution in [0, 0.1) is 0 Å². The Kier molecular flexibility index (Phi) is 2.30. The van der Waals surface area contributed by atoms with Crippen molar-refractivity contribution in [3.05, 3.63) is 22.5 Å². The zero-order valence-electron chi connectivity index (χ0n) is 4.57. The number of alkyl halides is 1. The molecule has 0 amide bonds. The maximum atomic E-state index is 12.5. The van der Waals surface area contributed by atoms with Gasteiger partial charge in [-0.15, -0.1) is 11.6 Å². The van der Waals surface area contributed by atoms with E-state index in [0.717, 1.165) is 4.48 Å². The van der Waals surface area contributed by atoms with Crippen molar-refractivity contribution in [1.29, 1.82) is 0 Å². The fraction of sp³-hybridized carbons (Fsp3) is 0.333. The zero-order chi connectivity index (χ0) is 6.85. The fourth-order valence-corrected chi connectivity index (χ4v) is 1.17. The fourth-order valence-electron chi connectivity index (χ4n) is 0.610. The van der Waals surface area contributed by atoms with Gasteiger partial charge >= 0.3 is 0 Å². The summed E-state index contributed by atoms with van der Waals surface area (Å²) in [5.41, 5.74) is 0. The molecule has 50 valence electrons. The van der Waals surface area contributed by atoms with Gasteiger partial charge in [-0.25, -0.2) is 4.39 Å². The maximum absolute atomic E-state index is 12.5. The Hall–Kier alpha value is 0.180. The normalized spacial score (nSPS) is 27.2. The van der Waals surface area contributed by atoms with Crippen molar-refractivity contribution in [3.63, 3.8) is 0 Å². The lowest BCUT2D eigenvalue weighted by Crippen LogP contribution is -2.00. The second-order valence-electron chi connectivity index (χ2n) is 1.82. The number of hydrogen-bond acceptors (Lipinski definition) is 0. The lowest BCUT2D eigenvalue weighted by Gasteiger charge is -2.07. The van der Waals surface area contributed by atoms with Gasteiger partial charge in [0.2, 0.25) is 0 Å². The van der Waals surface area contributed by atoms with Gasteiger partial charge in [0.15, 0.2) is 0 Å². The summed E-state index contributed by atoms with van der Waals surface area (Å²) in [6.07, 6.45) is 3.81. The van der Waals surface area contributed by atoms with E-state index in [1.165, 1.54) is 6.08 Å². The third-order valence-electron chi connectivity index (χ3n) is 1.09. The third-order valence-corrected chi connectivity index (χ3v) is 2.03. The molecule has 0 heterocycles. The number of halogens is 3. The maximum Gasteiger partial charge on any atom is 0.119 e. The van der Waals surface area contributed by atoms with Crippen LogP contribution in [0.3, 0.4) is 0 Å². The van der Waals surface area contributed by atoms with E-state index in [0.29, 0.717) is 6.42 Å². The molecule has 9 heavy (non-hydrogen) atoms. The van der Waals surface area contributed by atoms with Gasteiger partial charge in [0.05, 0.1) is 5.38 Å². The highest BCUT2D eigenvalue weighted by atomic mass is 79.9. The predicted molar refractivity (Wildman–Crippen MR) is 40.5 cm³/mol. The van der Waals surface area contributed by atoms with E-state index in [1.54, 1.807) is 0 Å². The van der Waals surface area contributed by atoms with E-state index in [1.807, 2.05) is 6.08 Å². The van der Waals surface area contributed by atoms with Crippen LogP contribution in [0.2, 0.25) is 0 Å². The van der Waals surface area contributed by atoms with E-state index in [4.69, 9.17) is 11.6 Å². The van der Waals surface area contributed by atoms with Crippen LogP contribution in [0.15, 0.2) is 22.5 Å². The van der Waals surface area contributed by atoms with Crippen molar-refractivity contribution in [2.45, 2.75) is 11.8 Å². The molecule has 1 rings (SSSR count). The number of rotatable bonds is 0. The molecule has 0 radical (unpaired) electrons. The smallest absolute Gasteiger partial charge is 0.119 e. The summed E-state index contributed by atoms with van der Waals surface area (Å²) in [6, 6.07) is 0. The Morgan fingerprint density at radius 2 is 2.44 bits per heavy atom. The van der Waals surface area contributed by atoms with Crippen LogP contribution in [-0.2, 0) is 0 Å². The molecule has 0 nitrogen and oxygen atoms in total. The standard InChI is InChI=1S/C6H5BrClF/c7-4-1-2-5(8)6(9)3-4/h1,3,5H,2H2. The molecule has 0 saturated carbocycles. The quantitative estimate of drug-likeness (QED) is 0.540. The minimum absolute atomic E-state index is 0.258. The molecule has 0 aromatic heterocycles. The minimum Gasteiger partial charge on any atom is -0.210 e. The van der Waals surface area contributed by atoms with Crippen LogP contribution in [0.4, 0.5) is 4.39 Å². The van der Waals surface area contributed by atoms with Crippen molar-refractivity contribution in [3.8, 4) is 0 Å². The largest absolute Gasteiger partial charge is 0.210 e. The molecular formula is C6H5BrClF. The molecule has 0 spiro atoms. The third kappa shape index (κ3) is 1.80. The van der Waals surface area contributed by atoms with Gasteiger partial charge in [0, 0.05) is 4.48 Å². The Bertz CT molecular complexity index is 174. The average Bonchev–Trinajstić information content (AvgIpc) is 1.80. The summed E-state index contributed by atoms with van der Waals surface area (Å²) in [5, 5.41) is -0.453. The SMILES string of the molecule is FC1=CC(Br)=CCC1Cl. The Morgan fingerprint density at radius 3 is 2.89 bits per heavy atom. The molecule has 1 aliphatic rings. The first-order chi connectivity index (χ1) is 4.20. The molecule has 3 heteroatoms. The van der Waals surface area contributed by atoms with Gasteiger partial charge in [-0.2, -0.15) is 0 Å². The van der Waals surface area contributed by atoms with E-state index in [9.17, 15) is 4.39 Å². The lowest BCUT2D eigenvalue weighted by molar-refractivity contribution is 0.591. The second-order valence-corrected chi connectivity index (χ2v) is 3.26. The molecule has 1 aliphatic carbocycles. The van der Waals surface area contributed by atoms with E-state index in [-0.39, 0.29) is 5.83 Å². The van der Waals surface area contributed by atoms with E-state index in [2.05, 4.69) is 15.9 Å². The van der Waals surface area contributed by atoms with Crippen LogP contribution in [0.5, 0.6) is 0 Å². The van der Waals surface area contributed by atoms with Crippen LogP contribution < -0.4 is 0 Å². The van der Waals surface area contributed by atoms with Crippen molar-refractivity contribution in [2.75, 3.05) is 0 Å². The molecule has 1 unspecified atom stereocenters.